The van der Waals surface area contributed by atoms with Gasteiger partial charge in [-0.25, -0.2) is 0 Å². The summed E-state index contributed by atoms with van der Waals surface area (Å²) >= 11 is 0. The van der Waals surface area contributed by atoms with Crippen molar-refractivity contribution in [2.75, 3.05) is 6.54 Å². The van der Waals surface area contributed by atoms with Crippen molar-refractivity contribution in [3.63, 3.8) is 0 Å². The molecule has 94 valence electrons. The van der Waals surface area contributed by atoms with Crippen LogP contribution in [-0.2, 0) is 4.79 Å². The number of rotatable bonds is 3. The molecule has 0 aromatic heterocycles. The molecule has 0 bridgehead atoms. The topological polar surface area (TPSA) is 32.3 Å². The summed E-state index contributed by atoms with van der Waals surface area (Å²) in [6.07, 6.45) is 3.52. The number of nitrogens with zero attached hydrogens (tertiary/aromatic N) is 1. The molecule has 1 rings (SSSR count). The van der Waals surface area contributed by atoms with Gasteiger partial charge >= 0.3 is 0 Å². The van der Waals surface area contributed by atoms with Crippen LogP contribution in [0.25, 0.3) is 0 Å². The van der Waals surface area contributed by atoms with Crippen LogP contribution in [0.5, 0.6) is 0 Å². The van der Waals surface area contributed by atoms with Crippen molar-refractivity contribution in [3.8, 4) is 0 Å². The van der Waals surface area contributed by atoms with E-state index in [4.69, 9.17) is 0 Å². The molecule has 0 aliphatic carbocycles. The van der Waals surface area contributed by atoms with E-state index in [9.17, 15) is 4.79 Å². The van der Waals surface area contributed by atoms with Gasteiger partial charge in [-0.2, -0.15) is 0 Å². The van der Waals surface area contributed by atoms with E-state index in [2.05, 4.69) is 24.1 Å². The van der Waals surface area contributed by atoms with Crippen molar-refractivity contribution in [2.24, 2.45) is 0 Å². The fraction of sp³-hybridized carbons (Fsp3) is 0.923. The Bertz CT molecular complexity index is 240. The molecule has 1 aliphatic heterocycles. The number of nitrogens with one attached hydrogen (secondary N) is 1. The number of amides is 1. The SMILES string of the molecule is CCNC(C)(C)C(=O)N1C(C)CCCC1C. The monoisotopic (exact) mass is 226 g/mol. The van der Waals surface area contributed by atoms with Crippen molar-refractivity contribution in [1.29, 1.82) is 0 Å². The van der Waals surface area contributed by atoms with E-state index in [1.54, 1.807) is 0 Å². The van der Waals surface area contributed by atoms with Crippen LogP contribution in [0.1, 0.15) is 53.9 Å². The first-order valence-corrected chi connectivity index (χ1v) is 6.48. The van der Waals surface area contributed by atoms with Crippen LogP contribution < -0.4 is 5.32 Å². The Hall–Kier alpha value is -0.570. The lowest BCUT2D eigenvalue weighted by Gasteiger charge is -2.43. The van der Waals surface area contributed by atoms with Gasteiger partial charge in [0.25, 0.3) is 0 Å². The zero-order valence-electron chi connectivity index (χ0n) is 11.3. The Morgan fingerprint density at radius 2 is 1.81 bits per heavy atom. The molecule has 1 heterocycles. The van der Waals surface area contributed by atoms with Gasteiger partial charge in [0.15, 0.2) is 0 Å². The zero-order valence-corrected chi connectivity index (χ0v) is 11.3. The Morgan fingerprint density at radius 1 is 1.31 bits per heavy atom. The average molecular weight is 226 g/mol. The van der Waals surface area contributed by atoms with Crippen LogP contribution in [0.4, 0.5) is 0 Å². The highest BCUT2D eigenvalue weighted by Gasteiger charge is 2.37. The van der Waals surface area contributed by atoms with Gasteiger partial charge in [-0.3, -0.25) is 4.79 Å². The molecule has 0 aromatic carbocycles. The number of hydrogen-bond acceptors (Lipinski definition) is 2. The van der Waals surface area contributed by atoms with Gasteiger partial charge in [0.2, 0.25) is 5.91 Å². The lowest BCUT2D eigenvalue weighted by atomic mass is 9.93. The number of likely N-dealkylation sites (tertiary alicyclic amines) is 1. The Morgan fingerprint density at radius 3 is 2.25 bits per heavy atom. The van der Waals surface area contributed by atoms with E-state index in [0.29, 0.717) is 12.1 Å². The molecular formula is C13H26N2O. The molecule has 0 saturated carbocycles. The predicted molar refractivity (Wildman–Crippen MR) is 67.4 cm³/mol. The van der Waals surface area contributed by atoms with Gasteiger partial charge in [0.05, 0.1) is 5.54 Å². The maximum Gasteiger partial charge on any atom is 0.242 e. The van der Waals surface area contributed by atoms with Gasteiger partial charge in [-0.05, 0) is 53.5 Å². The minimum Gasteiger partial charge on any atom is -0.336 e. The third-order valence-electron chi connectivity index (χ3n) is 3.58. The van der Waals surface area contributed by atoms with Crippen molar-refractivity contribution < 1.29 is 4.79 Å². The summed E-state index contributed by atoms with van der Waals surface area (Å²) in [6, 6.07) is 0.767. The number of carbonyl (C=O) groups excluding carboxylic acids is 1. The molecule has 3 heteroatoms. The highest BCUT2D eigenvalue weighted by Crippen LogP contribution is 2.25. The molecular weight excluding hydrogens is 200 g/mol. The van der Waals surface area contributed by atoms with Crippen LogP contribution in [0.15, 0.2) is 0 Å². The predicted octanol–water partition coefficient (Wildman–Crippen LogP) is 2.16. The van der Waals surface area contributed by atoms with Gasteiger partial charge < -0.3 is 10.2 Å². The van der Waals surface area contributed by atoms with Gasteiger partial charge in [-0.15, -0.1) is 0 Å². The van der Waals surface area contributed by atoms with Crippen molar-refractivity contribution in [1.82, 2.24) is 10.2 Å². The zero-order chi connectivity index (χ0) is 12.3. The highest BCUT2D eigenvalue weighted by molar-refractivity contribution is 5.86. The molecule has 2 atom stereocenters. The minimum atomic E-state index is -0.436. The standard InChI is InChI=1S/C13H26N2O/c1-6-14-13(4,5)12(16)15-10(2)8-7-9-11(15)3/h10-11,14H,6-9H2,1-5H3. The third kappa shape index (κ3) is 2.76. The quantitative estimate of drug-likeness (QED) is 0.800. The molecule has 2 unspecified atom stereocenters. The lowest BCUT2D eigenvalue weighted by molar-refractivity contribution is -0.143. The van der Waals surface area contributed by atoms with E-state index in [0.717, 1.165) is 19.4 Å². The summed E-state index contributed by atoms with van der Waals surface area (Å²) in [7, 11) is 0. The molecule has 0 aromatic rings. The van der Waals surface area contributed by atoms with Crippen molar-refractivity contribution in [3.05, 3.63) is 0 Å². The van der Waals surface area contributed by atoms with Crippen molar-refractivity contribution >= 4 is 5.91 Å². The van der Waals surface area contributed by atoms with E-state index in [1.807, 2.05) is 20.8 Å². The summed E-state index contributed by atoms with van der Waals surface area (Å²) < 4.78 is 0. The molecule has 1 aliphatic rings. The molecule has 1 N–H and O–H groups in total. The third-order valence-corrected chi connectivity index (χ3v) is 3.58. The van der Waals surface area contributed by atoms with Crippen LogP contribution in [-0.4, -0.2) is 35.0 Å². The second kappa shape index (κ2) is 5.17. The fourth-order valence-corrected chi connectivity index (χ4v) is 2.66. The largest absolute Gasteiger partial charge is 0.336 e. The number of piperidine rings is 1. The van der Waals surface area contributed by atoms with Crippen LogP contribution >= 0.6 is 0 Å². The van der Waals surface area contributed by atoms with E-state index >= 15 is 0 Å². The summed E-state index contributed by atoms with van der Waals surface area (Å²) in [5.41, 5.74) is -0.436. The first-order chi connectivity index (χ1) is 7.40. The smallest absolute Gasteiger partial charge is 0.242 e. The maximum absolute atomic E-state index is 12.5. The molecule has 3 nitrogen and oxygen atoms in total. The van der Waals surface area contributed by atoms with E-state index < -0.39 is 5.54 Å². The summed E-state index contributed by atoms with van der Waals surface area (Å²) in [4.78, 5) is 14.6. The minimum absolute atomic E-state index is 0.244. The van der Waals surface area contributed by atoms with Crippen molar-refractivity contribution in [2.45, 2.75) is 71.5 Å². The molecule has 0 radical (unpaired) electrons. The summed E-state index contributed by atoms with van der Waals surface area (Å²) in [5.74, 6) is 0.244. The number of carbonyl (C=O) groups is 1. The van der Waals surface area contributed by atoms with E-state index in [1.165, 1.54) is 6.42 Å². The van der Waals surface area contributed by atoms with Gasteiger partial charge in [0.1, 0.15) is 0 Å². The normalized spacial score (nSPS) is 26.9. The number of hydrogen-bond donors (Lipinski definition) is 1. The summed E-state index contributed by atoms with van der Waals surface area (Å²) in [5, 5.41) is 3.27. The maximum atomic E-state index is 12.5. The Labute approximate surface area is 99.6 Å². The van der Waals surface area contributed by atoms with E-state index in [-0.39, 0.29) is 5.91 Å². The second-order valence-corrected chi connectivity index (χ2v) is 5.50. The Balaban J connectivity index is 2.77. The van der Waals surface area contributed by atoms with Crippen LogP contribution in [0.3, 0.4) is 0 Å². The van der Waals surface area contributed by atoms with Gasteiger partial charge in [-0.1, -0.05) is 6.92 Å². The Kier molecular flexibility index (Phi) is 4.36. The first-order valence-electron chi connectivity index (χ1n) is 6.48. The fourth-order valence-electron chi connectivity index (χ4n) is 2.66. The van der Waals surface area contributed by atoms with Gasteiger partial charge in [0, 0.05) is 12.1 Å². The molecule has 0 spiro atoms. The molecule has 1 amide bonds. The molecule has 1 saturated heterocycles. The highest BCUT2D eigenvalue weighted by atomic mass is 16.2. The molecule has 16 heavy (non-hydrogen) atoms. The van der Waals surface area contributed by atoms with Crippen LogP contribution in [0, 0.1) is 0 Å². The lowest BCUT2D eigenvalue weighted by Crippen LogP contribution is -2.59. The molecule has 1 fully saturated rings. The first kappa shape index (κ1) is 13.5. The second-order valence-electron chi connectivity index (χ2n) is 5.50. The average Bonchev–Trinajstić information content (AvgIpc) is 2.17. The number of likely N-dealkylation sites (N-methyl/N-ethyl adjacent to an activating group) is 1. The summed E-state index contributed by atoms with van der Waals surface area (Å²) in [6.45, 7) is 11.2. The van der Waals surface area contributed by atoms with Crippen LogP contribution in [0.2, 0.25) is 0 Å².